The lowest BCUT2D eigenvalue weighted by Gasteiger charge is -2.27. The van der Waals surface area contributed by atoms with Crippen LogP contribution in [0.5, 0.6) is 5.75 Å². The van der Waals surface area contributed by atoms with Gasteiger partial charge in [0.05, 0.1) is 0 Å². The summed E-state index contributed by atoms with van der Waals surface area (Å²) in [5.41, 5.74) is 7.55. The zero-order chi connectivity index (χ0) is 11.6. The molecule has 2 nitrogen and oxygen atoms in total. The Hall–Kier alpha value is -1.02. The summed E-state index contributed by atoms with van der Waals surface area (Å²) in [6.07, 6.45) is 4.83. The van der Waals surface area contributed by atoms with Gasteiger partial charge in [0.1, 0.15) is 5.75 Å². The predicted octanol–water partition coefficient (Wildman–Crippen LogP) is 2.70. The van der Waals surface area contributed by atoms with Crippen molar-refractivity contribution in [3.63, 3.8) is 0 Å². The number of phenols is 1. The maximum absolute atomic E-state index is 9.26. The lowest BCUT2D eigenvalue weighted by atomic mass is 9.79. The van der Waals surface area contributed by atoms with Gasteiger partial charge in [-0.2, -0.15) is 0 Å². The molecule has 88 valence electrons. The van der Waals surface area contributed by atoms with E-state index in [1.165, 1.54) is 24.8 Å². The molecule has 0 saturated heterocycles. The topological polar surface area (TPSA) is 46.2 Å². The van der Waals surface area contributed by atoms with Gasteiger partial charge in [0.15, 0.2) is 0 Å². The number of hydrogen-bond acceptors (Lipinski definition) is 2. The Labute approximate surface area is 97.5 Å². The molecule has 2 rings (SSSR count). The molecule has 2 heteroatoms. The molecule has 0 spiro atoms. The number of aromatic hydroxyl groups is 1. The quantitative estimate of drug-likeness (QED) is 0.821. The van der Waals surface area contributed by atoms with Crippen LogP contribution in [0.15, 0.2) is 24.3 Å². The van der Waals surface area contributed by atoms with Crippen molar-refractivity contribution < 1.29 is 5.11 Å². The number of rotatable bonds is 3. The smallest absolute Gasteiger partial charge is 0.115 e. The summed E-state index contributed by atoms with van der Waals surface area (Å²) < 4.78 is 0. The van der Waals surface area contributed by atoms with Gasteiger partial charge < -0.3 is 10.8 Å². The zero-order valence-corrected chi connectivity index (χ0v) is 9.95. The molecule has 1 aromatic rings. The molecular weight excluding hydrogens is 198 g/mol. The molecule has 1 aliphatic carbocycles. The fourth-order valence-corrected chi connectivity index (χ4v) is 2.96. The van der Waals surface area contributed by atoms with Gasteiger partial charge in [0, 0.05) is 0 Å². The number of benzene rings is 1. The van der Waals surface area contributed by atoms with Gasteiger partial charge in [-0.25, -0.2) is 0 Å². The van der Waals surface area contributed by atoms with E-state index in [1.54, 1.807) is 12.1 Å². The van der Waals surface area contributed by atoms with Crippen molar-refractivity contribution in [2.24, 2.45) is 17.1 Å². The van der Waals surface area contributed by atoms with Crippen molar-refractivity contribution in [2.75, 3.05) is 6.54 Å². The van der Waals surface area contributed by atoms with E-state index in [1.807, 2.05) is 12.1 Å². The summed E-state index contributed by atoms with van der Waals surface area (Å²) >= 11 is 0. The third-order valence-corrected chi connectivity index (χ3v) is 3.90. The summed E-state index contributed by atoms with van der Waals surface area (Å²) in [6.45, 7) is 3.09. The fourth-order valence-electron chi connectivity index (χ4n) is 2.96. The highest BCUT2D eigenvalue weighted by Gasteiger charge is 2.36. The van der Waals surface area contributed by atoms with E-state index in [2.05, 4.69) is 6.92 Å². The molecule has 1 aliphatic rings. The SMILES string of the molecule is CC1CCC(CN)(Cc2ccc(O)cc2)C1. The molecule has 0 heterocycles. The molecule has 1 fully saturated rings. The molecule has 1 aromatic carbocycles. The molecule has 2 unspecified atom stereocenters. The molecule has 3 N–H and O–H groups in total. The normalized spacial score (nSPS) is 29.5. The minimum absolute atomic E-state index is 0.302. The van der Waals surface area contributed by atoms with Crippen LogP contribution in [-0.2, 0) is 6.42 Å². The minimum atomic E-state index is 0.302. The van der Waals surface area contributed by atoms with Gasteiger partial charge in [0.25, 0.3) is 0 Å². The molecule has 2 atom stereocenters. The van der Waals surface area contributed by atoms with Crippen LogP contribution in [0.1, 0.15) is 31.7 Å². The highest BCUT2D eigenvalue weighted by Crippen LogP contribution is 2.43. The Bertz CT molecular complexity index is 346. The lowest BCUT2D eigenvalue weighted by molar-refractivity contribution is 0.295. The van der Waals surface area contributed by atoms with Gasteiger partial charge in [0.2, 0.25) is 0 Å². The lowest BCUT2D eigenvalue weighted by Crippen LogP contribution is -2.30. The Morgan fingerprint density at radius 3 is 2.56 bits per heavy atom. The molecule has 0 amide bonds. The van der Waals surface area contributed by atoms with Crippen molar-refractivity contribution in [3.8, 4) is 5.75 Å². The zero-order valence-electron chi connectivity index (χ0n) is 9.95. The van der Waals surface area contributed by atoms with Crippen molar-refractivity contribution >= 4 is 0 Å². The van der Waals surface area contributed by atoms with Crippen LogP contribution in [0.4, 0.5) is 0 Å². The molecule has 0 aliphatic heterocycles. The molecule has 1 saturated carbocycles. The van der Waals surface area contributed by atoms with E-state index < -0.39 is 0 Å². The van der Waals surface area contributed by atoms with Crippen LogP contribution >= 0.6 is 0 Å². The first-order valence-corrected chi connectivity index (χ1v) is 6.11. The highest BCUT2D eigenvalue weighted by molar-refractivity contribution is 5.27. The van der Waals surface area contributed by atoms with Gasteiger partial charge in [-0.3, -0.25) is 0 Å². The summed E-state index contributed by atoms with van der Waals surface area (Å²) in [6, 6.07) is 7.54. The van der Waals surface area contributed by atoms with E-state index in [9.17, 15) is 5.11 Å². The van der Waals surface area contributed by atoms with Gasteiger partial charge >= 0.3 is 0 Å². The molecule has 16 heavy (non-hydrogen) atoms. The maximum atomic E-state index is 9.26. The standard InChI is InChI=1S/C14H21NO/c1-11-6-7-14(8-11,10-15)9-12-2-4-13(16)5-3-12/h2-5,11,16H,6-10,15H2,1H3. The van der Waals surface area contributed by atoms with Crippen molar-refractivity contribution in [1.82, 2.24) is 0 Å². The van der Waals surface area contributed by atoms with Crippen molar-refractivity contribution in [3.05, 3.63) is 29.8 Å². The summed E-state index contributed by atoms with van der Waals surface area (Å²) in [4.78, 5) is 0. The van der Waals surface area contributed by atoms with E-state index >= 15 is 0 Å². The maximum Gasteiger partial charge on any atom is 0.115 e. The summed E-state index contributed by atoms with van der Waals surface area (Å²) in [5, 5.41) is 9.26. The number of nitrogens with two attached hydrogens (primary N) is 1. The van der Waals surface area contributed by atoms with Gasteiger partial charge in [-0.15, -0.1) is 0 Å². The van der Waals surface area contributed by atoms with E-state index in [0.717, 1.165) is 18.9 Å². The van der Waals surface area contributed by atoms with E-state index in [4.69, 9.17) is 5.73 Å². The average Bonchev–Trinajstić information content (AvgIpc) is 2.64. The minimum Gasteiger partial charge on any atom is -0.508 e. The van der Waals surface area contributed by atoms with E-state index in [-0.39, 0.29) is 0 Å². The van der Waals surface area contributed by atoms with Gasteiger partial charge in [-0.05, 0) is 54.8 Å². The Balaban J connectivity index is 2.10. The van der Waals surface area contributed by atoms with Crippen LogP contribution in [-0.4, -0.2) is 11.7 Å². The third kappa shape index (κ3) is 2.38. The number of phenolic OH excluding ortho intramolecular Hbond substituents is 1. The first-order chi connectivity index (χ1) is 7.63. The van der Waals surface area contributed by atoms with E-state index in [0.29, 0.717) is 11.2 Å². The van der Waals surface area contributed by atoms with Crippen LogP contribution in [0.3, 0.4) is 0 Å². The molecule has 0 aromatic heterocycles. The average molecular weight is 219 g/mol. The van der Waals surface area contributed by atoms with Crippen molar-refractivity contribution in [2.45, 2.75) is 32.6 Å². The van der Waals surface area contributed by atoms with Crippen LogP contribution in [0, 0.1) is 11.3 Å². The summed E-state index contributed by atoms with van der Waals surface area (Å²) in [5.74, 6) is 1.14. The first-order valence-electron chi connectivity index (χ1n) is 6.11. The Morgan fingerprint density at radius 2 is 2.06 bits per heavy atom. The fraction of sp³-hybridized carbons (Fsp3) is 0.571. The number of hydrogen-bond donors (Lipinski definition) is 2. The second-order valence-corrected chi connectivity index (χ2v) is 5.40. The monoisotopic (exact) mass is 219 g/mol. The molecular formula is C14H21NO. The second-order valence-electron chi connectivity index (χ2n) is 5.40. The first kappa shape index (κ1) is 11.5. The predicted molar refractivity (Wildman–Crippen MR) is 66.3 cm³/mol. The third-order valence-electron chi connectivity index (χ3n) is 3.90. The van der Waals surface area contributed by atoms with Crippen molar-refractivity contribution in [1.29, 1.82) is 0 Å². The Morgan fingerprint density at radius 1 is 1.38 bits per heavy atom. The Kier molecular flexibility index (Phi) is 3.20. The van der Waals surface area contributed by atoms with Crippen LogP contribution in [0.2, 0.25) is 0 Å². The second kappa shape index (κ2) is 4.46. The van der Waals surface area contributed by atoms with Gasteiger partial charge in [-0.1, -0.05) is 25.5 Å². The summed E-state index contributed by atoms with van der Waals surface area (Å²) in [7, 11) is 0. The largest absolute Gasteiger partial charge is 0.508 e. The van der Waals surface area contributed by atoms with Crippen LogP contribution < -0.4 is 5.73 Å². The molecule has 0 bridgehead atoms. The molecule has 0 radical (unpaired) electrons. The van der Waals surface area contributed by atoms with Crippen LogP contribution in [0.25, 0.3) is 0 Å². The highest BCUT2D eigenvalue weighted by atomic mass is 16.3.